The van der Waals surface area contributed by atoms with Crippen molar-refractivity contribution in [1.29, 1.82) is 0 Å². The van der Waals surface area contributed by atoms with E-state index in [1.54, 1.807) is 6.20 Å². The summed E-state index contributed by atoms with van der Waals surface area (Å²) in [6, 6.07) is 8.52. The largest absolute Gasteiger partial charge is 0.381 e. The highest BCUT2D eigenvalue weighted by Gasteiger charge is 2.24. The van der Waals surface area contributed by atoms with Gasteiger partial charge in [0, 0.05) is 38.2 Å². The van der Waals surface area contributed by atoms with Crippen LogP contribution in [0.15, 0.2) is 30.5 Å². The molecule has 1 aromatic carbocycles. The van der Waals surface area contributed by atoms with Crippen LogP contribution >= 0.6 is 0 Å². The summed E-state index contributed by atoms with van der Waals surface area (Å²) in [5.41, 5.74) is 4.02. The number of amides is 2. The fraction of sp³-hybridized carbons (Fsp3) is 0.545. The number of benzene rings is 1. The Hall–Kier alpha value is -2.34. The average molecular weight is 383 g/mol. The first-order valence-electron chi connectivity index (χ1n) is 10.2. The second-order valence-electron chi connectivity index (χ2n) is 8.96. The highest BCUT2D eigenvalue weighted by atomic mass is 16.5. The third-order valence-electron chi connectivity index (χ3n) is 5.78. The Morgan fingerprint density at radius 1 is 1.29 bits per heavy atom. The smallest absolute Gasteiger partial charge is 0.323 e. The maximum absolute atomic E-state index is 12.9. The summed E-state index contributed by atoms with van der Waals surface area (Å²) in [7, 11) is 0. The highest BCUT2D eigenvalue weighted by molar-refractivity contribution is 5.88. The van der Waals surface area contributed by atoms with E-state index < -0.39 is 0 Å². The van der Waals surface area contributed by atoms with Crippen LogP contribution in [0.3, 0.4) is 0 Å². The Labute approximate surface area is 166 Å². The van der Waals surface area contributed by atoms with E-state index in [2.05, 4.69) is 49.4 Å². The number of rotatable bonds is 3. The fourth-order valence-electron chi connectivity index (χ4n) is 3.94. The van der Waals surface area contributed by atoms with Gasteiger partial charge in [-0.05, 0) is 34.9 Å². The molecule has 3 heterocycles. The molecule has 1 N–H and O–H groups in total. The van der Waals surface area contributed by atoms with E-state index in [9.17, 15) is 4.79 Å². The third-order valence-corrected chi connectivity index (χ3v) is 5.78. The Morgan fingerprint density at radius 2 is 2.14 bits per heavy atom. The molecule has 1 atom stereocenters. The van der Waals surface area contributed by atoms with Gasteiger partial charge in [0.15, 0.2) is 0 Å². The van der Waals surface area contributed by atoms with Crippen LogP contribution in [0.25, 0.3) is 0 Å². The molecule has 0 aliphatic carbocycles. The molecule has 1 unspecified atom stereocenters. The minimum Gasteiger partial charge on any atom is -0.381 e. The van der Waals surface area contributed by atoms with Gasteiger partial charge in [-0.1, -0.05) is 39.0 Å². The Kier molecular flexibility index (Phi) is 5.15. The van der Waals surface area contributed by atoms with E-state index in [4.69, 9.17) is 4.74 Å². The second-order valence-corrected chi connectivity index (χ2v) is 8.96. The zero-order valence-corrected chi connectivity index (χ0v) is 17.1. The Bertz CT molecular complexity index is 846. The molecule has 4 rings (SSSR count). The van der Waals surface area contributed by atoms with Crippen molar-refractivity contribution < 1.29 is 9.53 Å². The number of urea groups is 1. The van der Waals surface area contributed by atoms with Crippen LogP contribution in [0.2, 0.25) is 0 Å². The molecular formula is C22H30N4O2. The average Bonchev–Trinajstić information content (AvgIpc) is 3.33. The molecule has 2 aromatic rings. The lowest BCUT2D eigenvalue weighted by Gasteiger charge is -2.30. The second kappa shape index (κ2) is 7.59. The summed E-state index contributed by atoms with van der Waals surface area (Å²) in [5.74, 6) is 1.22. The van der Waals surface area contributed by atoms with Gasteiger partial charge in [0.2, 0.25) is 0 Å². The number of nitrogens with one attached hydrogen (secondary N) is 1. The lowest BCUT2D eigenvalue weighted by Crippen LogP contribution is -2.39. The van der Waals surface area contributed by atoms with E-state index in [1.165, 1.54) is 16.7 Å². The zero-order valence-electron chi connectivity index (χ0n) is 17.1. The minimum absolute atomic E-state index is 0.0590. The van der Waals surface area contributed by atoms with Gasteiger partial charge < -0.3 is 9.64 Å². The number of nitrogens with zero attached hydrogens (tertiary/aromatic N) is 3. The van der Waals surface area contributed by atoms with Crippen molar-refractivity contribution in [3.05, 3.63) is 47.2 Å². The lowest BCUT2D eigenvalue weighted by atomic mass is 9.84. The molecule has 6 heteroatoms. The van der Waals surface area contributed by atoms with Gasteiger partial charge in [-0.25, -0.2) is 9.48 Å². The van der Waals surface area contributed by atoms with E-state index in [0.717, 1.165) is 45.0 Å². The maximum atomic E-state index is 12.9. The molecule has 1 saturated heterocycles. The number of aromatic nitrogens is 2. The zero-order chi connectivity index (χ0) is 19.7. The van der Waals surface area contributed by atoms with Crippen molar-refractivity contribution in [2.75, 3.05) is 25.1 Å². The molecule has 1 fully saturated rings. The van der Waals surface area contributed by atoms with Crippen LogP contribution in [-0.4, -0.2) is 40.5 Å². The molecular weight excluding hydrogens is 352 g/mol. The SMILES string of the molecule is CC(C)(C)c1ccc2c(c1)CN(C(=O)Nc1ccnn1CC1CCOC1)CC2. The molecule has 2 amide bonds. The molecule has 0 spiro atoms. The molecule has 6 nitrogen and oxygen atoms in total. The minimum atomic E-state index is -0.0590. The third kappa shape index (κ3) is 4.07. The molecule has 0 saturated carbocycles. The van der Waals surface area contributed by atoms with Crippen LogP contribution in [-0.2, 0) is 29.7 Å². The number of ether oxygens (including phenoxy) is 1. The molecule has 0 bridgehead atoms. The molecule has 1 aromatic heterocycles. The molecule has 28 heavy (non-hydrogen) atoms. The van der Waals surface area contributed by atoms with Gasteiger partial charge in [-0.15, -0.1) is 0 Å². The van der Waals surface area contributed by atoms with Crippen LogP contribution in [0.5, 0.6) is 0 Å². The topological polar surface area (TPSA) is 59.4 Å². The maximum Gasteiger partial charge on any atom is 0.323 e. The Balaban J connectivity index is 1.43. The van der Waals surface area contributed by atoms with Gasteiger partial charge in [0.25, 0.3) is 0 Å². The van der Waals surface area contributed by atoms with E-state index in [0.29, 0.717) is 12.5 Å². The number of carbonyl (C=O) groups is 1. The predicted molar refractivity (Wildman–Crippen MR) is 109 cm³/mol. The number of hydrogen-bond donors (Lipinski definition) is 1. The monoisotopic (exact) mass is 382 g/mol. The quantitative estimate of drug-likeness (QED) is 0.878. The Morgan fingerprint density at radius 3 is 2.89 bits per heavy atom. The summed E-state index contributed by atoms with van der Waals surface area (Å²) in [4.78, 5) is 14.8. The first-order valence-corrected chi connectivity index (χ1v) is 10.2. The standard InChI is InChI=1S/C22H30N4O2/c1-22(2,3)19-5-4-17-7-10-25(14-18(17)12-19)21(27)24-20-6-9-23-26(20)13-16-8-11-28-15-16/h4-6,9,12,16H,7-8,10-11,13-15H2,1-3H3,(H,24,27). The number of hydrogen-bond acceptors (Lipinski definition) is 3. The highest BCUT2D eigenvalue weighted by Crippen LogP contribution is 2.28. The van der Waals surface area contributed by atoms with Gasteiger partial charge in [0.1, 0.15) is 5.82 Å². The van der Waals surface area contributed by atoms with Crippen molar-refractivity contribution in [2.24, 2.45) is 5.92 Å². The summed E-state index contributed by atoms with van der Waals surface area (Å²) >= 11 is 0. The van der Waals surface area contributed by atoms with Gasteiger partial charge in [0.05, 0.1) is 12.8 Å². The van der Waals surface area contributed by atoms with Crippen LogP contribution < -0.4 is 5.32 Å². The van der Waals surface area contributed by atoms with Crippen molar-refractivity contribution in [2.45, 2.75) is 52.1 Å². The molecule has 150 valence electrons. The van der Waals surface area contributed by atoms with Crippen molar-refractivity contribution in [3.8, 4) is 0 Å². The van der Waals surface area contributed by atoms with E-state index in [-0.39, 0.29) is 11.4 Å². The summed E-state index contributed by atoms with van der Waals surface area (Å²) < 4.78 is 7.33. The van der Waals surface area contributed by atoms with E-state index >= 15 is 0 Å². The fourth-order valence-corrected chi connectivity index (χ4v) is 3.94. The normalized spacial score (nSPS) is 19.5. The summed E-state index contributed by atoms with van der Waals surface area (Å²) in [6.45, 7) is 10.4. The summed E-state index contributed by atoms with van der Waals surface area (Å²) in [6.07, 6.45) is 3.69. The molecule has 0 radical (unpaired) electrons. The number of anilines is 1. The predicted octanol–water partition coefficient (Wildman–Crippen LogP) is 3.81. The van der Waals surface area contributed by atoms with Crippen LogP contribution in [0.1, 0.15) is 43.9 Å². The van der Waals surface area contributed by atoms with Crippen molar-refractivity contribution >= 4 is 11.8 Å². The summed E-state index contributed by atoms with van der Waals surface area (Å²) in [5, 5.41) is 7.44. The number of fused-ring (bicyclic) bond motifs is 1. The van der Waals surface area contributed by atoms with Gasteiger partial charge in [-0.2, -0.15) is 5.10 Å². The van der Waals surface area contributed by atoms with Gasteiger partial charge in [-0.3, -0.25) is 5.32 Å². The van der Waals surface area contributed by atoms with Crippen LogP contribution in [0.4, 0.5) is 10.6 Å². The number of carbonyl (C=O) groups excluding carboxylic acids is 1. The van der Waals surface area contributed by atoms with Crippen molar-refractivity contribution in [1.82, 2.24) is 14.7 Å². The molecule has 2 aliphatic rings. The van der Waals surface area contributed by atoms with Crippen LogP contribution in [0, 0.1) is 5.92 Å². The first-order chi connectivity index (χ1) is 13.4. The molecule has 2 aliphatic heterocycles. The van der Waals surface area contributed by atoms with Crippen molar-refractivity contribution in [3.63, 3.8) is 0 Å². The lowest BCUT2D eigenvalue weighted by molar-refractivity contribution is 0.181. The van der Waals surface area contributed by atoms with Gasteiger partial charge >= 0.3 is 6.03 Å². The first kappa shape index (κ1) is 19.0. The van der Waals surface area contributed by atoms with E-state index in [1.807, 2.05) is 15.6 Å².